The van der Waals surface area contributed by atoms with E-state index in [1.807, 2.05) is 24.3 Å². The molecule has 188 valence electrons. The number of carbonyl (C=O) groups is 2. The van der Waals surface area contributed by atoms with Crippen molar-refractivity contribution in [1.29, 1.82) is 0 Å². The maximum atomic E-state index is 13.1. The molecule has 0 radical (unpaired) electrons. The largest absolute Gasteiger partial charge is 0.493 e. The minimum absolute atomic E-state index is 0.0216. The predicted molar refractivity (Wildman–Crippen MR) is 135 cm³/mol. The molecule has 1 aliphatic carbocycles. The highest BCUT2D eigenvalue weighted by molar-refractivity contribution is 5.98. The summed E-state index contributed by atoms with van der Waals surface area (Å²) in [5.41, 5.74) is 9.83. The van der Waals surface area contributed by atoms with Crippen molar-refractivity contribution in [2.75, 3.05) is 13.2 Å². The molecule has 2 amide bonds. The second kappa shape index (κ2) is 9.48. The van der Waals surface area contributed by atoms with Crippen molar-refractivity contribution in [3.8, 4) is 11.5 Å². The molecule has 1 saturated carbocycles. The van der Waals surface area contributed by atoms with Crippen LogP contribution in [-0.2, 0) is 11.2 Å². The van der Waals surface area contributed by atoms with Gasteiger partial charge in [0, 0.05) is 24.0 Å². The summed E-state index contributed by atoms with van der Waals surface area (Å²) in [6.07, 6.45) is 6.10. The average Bonchev–Trinajstić information content (AvgIpc) is 3.66. The van der Waals surface area contributed by atoms with Crippen molar-refractivity contribution < 1.29 is 19.1 Å². The molecular weight excluding hydrogens is 456 g/mol. The molecule has 3 heterocycles. The Morgan fingerprint density at radius 1 is 1.11 bits per heavy atom. The van der Waals surface area contributed by atoms with Crippen molar-refractivity contribution in [1.82, 2.24) is 10.6 Å². The van der Waals surface area contributed by atoms with Crippen LogP contribution in [0.2, 0.25) is 0 Å². The minimum Gasteiger partial charge on any atom is -0.493 e. The average molecular weight is 489 g/mol. The Labute approximate surface area is 210 Å². The molecule has 0 aromatic heterocycles. The number of carbonyl (C=O) groups excluding carboxylic acids is 2. The summed E-state index contributed by atoms with van der Waals surface area (Å²) >= 11 is 0. The molecule has 3 aliphatic heterocycles. The zero-order valence-corrected chi connectivity index (χ0v) is 20.3. The van der Waals surface area contributed by atoms with Crippen LogP contribution in [-0.4, -0.2) is 37.0 Å². The standard InChI is InChI=1S/C28H32N4O4/c29-28-30-20(15-26(33)32-28)6-3-16-13-21(16)17-4-8-25-22(14-17)23(9-11-36-25)31-27(34)19-5-7-24-18(12-19)2-1-10-35-24/h4-5,7-8,12,14,16,20-21,23H,1-3,6,9-11,13,15H2,(H,31,34)(H3,29,30,32,33). The van der Waals surface area contributed by atoms with Crippen LogP contribution in [0.5, 0.6) is 11.5 Å². The maximum absolute atomic E-state index is 13.1. The molecule has 1 fully saturated rings. The van der Waals surface area contributed by atoms with Gasteiger partial charge in [0.2, 0.25) is 5.91 Å². The Morgan fingerprint density at radius 2 is 1.97 bits per heavy atom. The summed E-state index contributed by atoms with van der Waals surface area (Å²) in [7, 11) is 0. The third kappa shape index (κ3) is 4.76. The molecule has 8 nitrogen and oxygen atoms in total. The molecule has 0 saturated heterocycles. The summed E-state index contributed by atoms with van der Waals surface area (Å²) in [4.78, 5) is 29.2. The van der Waals surface area contributed by atoms with Gasteiger partial charge in [-0.1, -0.05) is 6.07 Å². The van der Waals surface area contributed by atoms with Crippen LogP contribution >= 0.6 is 0 Å². The number of aliphatic imine (C=N–C) groups is 1. The topological polar surface area (TPSA) is 115 Å². The second-order valence-corrected chi connectivity index (χ2v) is 10.3. The lowest BCUT2D eigenvalue weighted by molar-refractivity contribution is -0.120. The van der Waals surface area contributed by atoms with Crippen LogP contribution in [0.15, 0.2) is 41.4 Å². The van der Waals surface area contributed by atoms with Gasteiger partial charge in [-0.25, -0.2) is 4.99 Å². The fourth-order valence-corrected chi connectivity index (χ4v) is 5.77. The number of fused-ring (bicyclic) bond motifs is 2. The first kappa shape index (κ1) is 22.9. The zero-order chi connectivity index (χ0) is 24.6. The molecule has 2 aromatic carbocycles. The Balaban J connectivity index is 1.11. The second-order valence-electron chi connectivity index (χ2n) is 10.3. The number of nitrogens with zero attached hydrogens (tertiary/aromatic N) is 1. The molecule has 8 heteroatoms. The van der Waals surface area contributed by atoms with Gasteiger partial charge < -0.3 is 20.5 Å². The van der Waals surface area contributed by atoms with Gasteiger partial charge in [0.25, 0.3) is 5.91 Å². The summed E-state index contributed by atoms with van der Waals surface area (Å²) in [6.45, 7) is 1.32. The lowest BCUT2D eigenvalue weighted by Crippen LogP contribution is -2.43. The Hall–Kier alpha value is -3.55. The third-order valence-corrected chi connectivity index (χ3v) is 7.78. The normalized spacial score (nSPS) is 26.3. The highest BCUT2D eigenvalue weighted by atomic mass is 16.5. The van der Waals surface area contributed by atoms with Gasteiger partial charge in [-0.15, -0.1) is 0 Å². The number of guanidine groups is 1. The fourth-order valence-electron chi connectivity index (χ4n) is 5.77. The molecule has 4 aliphatic rings. The van der Waals surface area contributed by atoms with Crippen LogP contribution in [0.3, 0.4) is 0 Å². The molecule has 4 unspecified atom stereocenters. The van der Waals surface area contributed by atoms with Crippen molar-refractivity contribution in [3.05, 3.63) is 58.7 Å². The molecule has 0 bridgehead atoms. The van der Waals surface area contributed by atoms with Gasteiger partial charge in [0.1, 0.15) is 11.5 Å². The lowest BCUT2D eigenvalue weighted by atomic mass is 9.95. The van der Waals surface area contributed by atoms with Gasteiger partial charge in [-0.3, -0.25) is 14.9 Å². The first-order valence-electron chi connectivity index (χ1n) is 13.0. The number of nitrogens with two attached hydrogens (primary N) is 1. The molecule has 2 aromatic rings. The summed E-state index contributed by atoms with van der Waals surface area (Å²) in [5.74, 6) is 2.94. The van der Waals surface area contributed by atoms with Gasteiger partial charge in [0.05, 0.1) is 25.3 Å². The van der Waals surface area contributed by atoms with Crippen molar-refractivity contribution in [2.45, 2.75) is 62.9 Å². The minimum atomic E-state index is -0.0799. The Kier molecular flexibility index (Phi) is 6.03. The first-order valence-corrected chi connectivity index (χ1v) is 13.0. The number of nitrogens with one attached hydrogen (secondary N) is 2. The van der Waals surface area contributed by atoms with Gasteiger partial charge in [-0.05, 0) is 85.4 Å². The molecule has 4 atom stereocenters. The van der Waals surface area contributed by atoms with Crippen LogP contribution in [0.4, 0.5) is 0 Å². The molecule has 6 rings (SSSR count). The fraction of sp³-hybridized carbons (Fsp3) is 0.464. The highest BCUT2D eigenvalue weighted by Gasteiger charge is 2.39. The lowest BCUT2D eigenvalue weighted by Gasteiger charge is -2.27. The van der Waals surface area contributed by atoms with Gasteiger partial charge in [0.15, 0.2) is 5.96 Å². The third-order valence-electron chi connectivity index (χ3n) is 7.78. The smallest absolute Gasteiger partial charge is 0.251 e. The van der Waals surface area contributed by atoms with E-state index >= 15 is 0 Å². The summed E-state index contributed by atoms with van der Waals surface area (Å²) in [6, 6.07) is 12.0. The van der Waals surface area contributed by atoms with Gasteiger partial charge >= 0.3 is 0 Å². The van der Waals surface area contributed by atoms with Crippen molar-refractivity contribution in [3.63, 3.8) is 0 Å². The quantitative estimate of drug-likeness (QED) is 0.577. The Morgan fingerprint density at radius 3 is 2.86 bits per heavy atom. The van der Waals surface area contributed by atoms with E-state index in [0.717, 1.165) is 67.8 Å². The van der Waals surface area contributed by atoms with E-state index < -0.39 is 0 Å². The summed E-state index contributed by atoms with van der Waals surface area (Å²) in [5, 5.41) is 5.81. The van der Waals surface area contributed by atoms with Crippen LogP contribution < -0.4 is 25.8 Å². The number of aryl methyl sites for hydroxylation is 1. The molecule has 0 spiro atoms. The SMILES string of the molecule is NC1=NC(CCC2CC2c2ccc3c(c2)C(NC(=O)c2ccc4c(c2)CCCO4)CCO3)CC(=O)N1. The van der Waals surface area contributed by atoms with E-state index in [2.05, 4.69) is 27.8 Å². The number of hydrogen-bond acceptors (Lipinski definition) is 6. The van der Waals surface area contributed by atoms with E-state index in [1.54, 1.807) is 0 Å². The number of amides is 2. The highest BCUT2D eigenvalue weighted by Crippen LogP contribution is 2.51. The van der Waals surface area contributed by atoms with E-state index in [0.29, 0.717) is 30.4 Å². The van der Waals surface area contributed by atoms with E-state index in [1.165, 1.54) is 5.56 Å². The number of rotatable bonds is 6. The van der Waals surface area contributed by atoms with Crippen LogP contribution in [0.1, 0.15) is 77.5 Å². The van der Waals surface area contributed by atoms with Gasteiger partial charge in [-0.2, -0.15) is 0 Å². The number of benzene rings is 2. The van der Waals surface area contributed by atoms with E-state index in [9.17, 15) is 9.59 Å². The zero-order valence-electron chi connectivity index (χ0n) is 20.3. The Bertz CT molecular complexity index is 1230. The predicted octanol–water partition coefficient (Wildman–Crippen LogP) is 3.35. The first-order chi connectivity index (χ1) is 17.5. The van der Waals surface area contributed by atoms with E-state index in [-0.39, 0.29) is 29.9 Å². The van der Waals surface area contributed by atoms with Crippen LogP contribution in [0, 0.1) is 5.92 Å². The number of hydrogen-bond donors (Lipinski definition) is 3. The van der Waals surface area contributed by atoms with Crippen molar-refractivity contribution in [2.24, 2.45) is 16.6 Å². The number of ether oxygens (including phenoxy) is 2. The molecule has 36 heavy (non-hydrogen) atoms. The maximum Gasteiger partial charge on any atom is 0.251 e. The monoisotopic (exact) mass is 488 g/mol. The van der Waals surface area contributed by atoms with Crippen LogP contribution in [0.25, 0.3) is 0 Å². The summed E-state index contributed by atoms with van der Waals surface area (Å²) < 4.78 is 11.6. The van der Waals surface area contributed by atoms with Crippen molar-refractivity contribution >= 4 is 17.8 Å². The van der Waals surface area contributed by atoms with E-state index in [4.69, 9.17) is 15.2 Å². The molecule has 4 N–H and O–H groups in total. The molecular formula is C28H32N4O4.